The smallest absolute Gasteiger partial charge is 0.170 e. The number of benzene rings is 1. The molecule has 17 heavy (non-hydrogen) atoms. The Morgan fingerprint density at radius 1 is 1.29 bits per heavy atom. The van der Waals surface area contributed by atoms with Crippen LogP contribution in [0.1, 0.15) is 33.7 Å². The Bertz CT molecular complexity index is 584. The SMILES string of the molecule is Cc1ccccc1-n1nc(C=O)c2c1CCC2. The van der Waals surface area contributed by atoms with Crippen molar-refractivity contribution in [2.24, 2.45) is 0 Å². The maximum absolute atomic E-state index is 11.0. The molecule has 0 bridgehead atoms. The van der Waals surface area contributed by atoms with Crippen LogP contribution in [-0.4, -0.2) is 16.1 Å². The third-order valence-electron chi connectivity index (χ3n) is 3.42. The molecule has 3 heteroatoms. The van der Waals surface area contributed by atoms with Gasteiger partial charge in [0.25, 0.3) is 0 Å². The number of nitrogens with zero attached hydrogens (tertiary/aromatic N) is 2. The number of hydrogen-bond donors (Lipinski definition) is 0. The summed E-state index contributed by atoms with van der Waals surface area (Å²) in [7, 11) is 0. The number of carbonyl (C=O) groups excluding carboxylic acids is 1. The number of aryl methyl sites for hydroxylation is 1. The molecule has 3 rings (SSSR count). The first-order valence-electron chi connectivity index (χ1n) is 5.93. The Balaban J connectivity index is 2.22. The highest BCUT2D eigenvalue weighted by atomic mass is 16.1. The van der Waals surface area contributed by atoms with Crippen LogP contribution in [0.3, 0.4) is 0 Å². The van der Waals surface area contributed by atoms with Crippen LogP contribution in [0.15, 0.2) is 24.3 Å². The van der Waals surface area contributed by atoms with Crippen molar-refractivity contribution in [3.8, 4) is 5.69 Å². The van der Waals surface area contributed by atoms with Crippen LogP contribution in [-0.2, 0) is 12.8 Å². The van der Waals surface area contributed by atoms with Crippen molar-refractivity contribution in [1.29, 1.82) is 0 Å². The zero-order chi connectivity index (χ0) is 11.8. The Morgan fingerprint density at radius 3 is 2.88 bits per heavy atom. The number of aromatic nitrogens is 2. The molecule has 0 saturated carbocycles. The summed E-state index contributed by atoms with van der Waals surface area (Å²) in [4.78, 5) is 11.0. The molecule has 0 amide bonds. The Kier molecular flexibility index (Phi) is 2.32. The molecule has 1 aliphatic rings. The monoisotopic (exact) mass is 226 g/mol. The molecule has 86 valence electrons. The van der Waals surface area contributed by atoms with Gasteiger partial charge in [0.05, 0.1) is 5.69 Å². The van der Waals surface area contributed by atoms with Gasteiger partial charge in [-0.3, -0.25) is 4.79 Å². The van der Waals surface area contributed by atoms with E-state index in [9.17, 15) is 4.79 Å². The summed E-state index contributed by atoms with van der Waals surface area (Å²) in [5.41, 5.74) is 5.23. The lowest BCUT2D eigenvalue weighted by atomic mass is 10.2. The van der Waals surface area contributed by atoms with Crippen molar-refractivity contribution in [1.82, 2.24) is 9.78 Å². The molecular weight excluding hydrogens is 212 g/mol. The second-order valence-corrected chi connectivity index (χ2v) is 4.48. The maximum atomic E-state index is 11.0. The summed E-state index contributed by atoms with van der Waals surface area (Å²) < 4.78 is 1.95. The van der Waals surface area contributed by atoms with Gasteiger partial charge in [0, 0.05) is 11.3 Å². The number of aldehydes is 1. The number of para-hydroxylation sites is 1. The molecule has 1 aromatic carbocycles. The van der Waals surface area contributed by atoms with Gasteiger partial charge in [-0.1, -0.05) is 18.2 Å². The van der Waals surface area contributed by atoms with E-state index in [0.717, 1.165) is 36.8 Å². The molecule has 1 aliphatic carbocycles. The zero-order valence-corrected chi connectivity index (χ0v) is 9.81. The number of fused-ring (bicyclic) bond motifs is 1. The Labute approximate surface area is 100 Å². The van der Waals surface area contributed by atoms with Crippen LogP contribution in [0.2, 0.25) is 0 Å². The molecule has 0 fully saturated rings. The minimum absolute atomic E-state index is 0.612. The summed E-state index contributed by atoms with van der Waals surface area (Å²) in [6.07, 6.45) is 4.00. The molecule has 0 atom stereocenters. The van der Waals surface area contributed by atoms with Gasteiger partial charge in [-0.05, 0) is 37.8 Å². The topological polar surface area (TPSA) is 34.9 Å². The summed E-state index contributed by atoms with van der Waals surface area (Å²) in [5.74, 6) is 0. The van der Waals surface area contributed by atoms with E-state index >= 15 is 0 Å². The van der Waals surface area contributed by atoms with E-state index in [1.165, 1.54) is 11.3 Å². The molecule has 0 N–H and O–H groups in total. The van der Waals surface area contributed by atoms with Crippen molar-refractivity contribution in [2.75, 3.05) is 0 Å². The van der Waals surface area contributed by atoms with Crippen molar-refractivity contribution < 1.29 is 4.79 Å². The van der Waals surface area contributed by atoms with E-state index in [2.05, 4.69) is 24.2 Å². The first kappa shape index (κ1) is 10.3. The third-order valence-corrected chi connectivity index (χ3v) is 3.42. The molecule has 0 radical (unpaired) electrons. The van der Waals surface area contributed by atoms with Crippen LogP contribution < -0.4 is 0 Å². The van der Waals surface area contributed by atoms with Gasteiger partial charge in [0.1, 0.15) is 5.69 Å². The predicted octanol–water partition coefficient (Wildman–Crippen LogP) is 2.48. The van der Waals surface area contributed by atoms with Crippen molar-refractivity contribution >= 4 is 6.29 Å². The highest BCUT2D eigenvalue weighted by molar-refractivity contribution is 5.75. The third kappa shape index (κ3) is 1.50. The van der Waals surface area contributed by atoms with E-state index in [4.69, 9.17) is 0 Å². The molecule has 0 spiro atoms. The lowest BCUT2D eigenvalue weighted by molar-refractivity contribution is 0.111. The average Bonchev–Trinajstić information content (AvgIpc) is 2.91. The molecule has 2 aromatic rings. The van der Waals surface area contributed by atoms with Gasteiger partial charge in [-0.15, -0.1) is 0 Å². The summed E-state index contributed by atoms with van der Waals surface area (Å²) >= 11 is 0. The fraction of sp³-hybridized carbons (Fsp3) is 0.286. The standard InChI is InChI=1S/C14H14N2O/c1-10-5-2-3-7-13(10)16-14-8-4-6-11(14)12(9-17)15-16/h2-3,5,7,9H,4,6,8H2,1H3. The van der Waals surface area contributed by atoms with Crippen LogP contribution >= 0.6 is 0 Å². The quantitative estimate of drug-likeness (QED) is 0.737. The second kappa shape index (κ2) is 3.84. The van der Waals surface area contributed by atoms with Crippen molar-refractivity contribution in [2.45, 2.75) is 26.2 Å². The molecule has 0 aliphatic heterocycles. The number of carbonyl (C=O) groups is 1. The highest BCUT2D eigenvalue weighted by Gasteiger charge is 2.23. The predicted molar refractivity (Wildman–Crippen MR) is 65.7 cm³/mol. The second-order valence-electron chi connectivity index (χ2n) is 4.48. The van der Waals surface area contributed by atoms with Crippen LogP contribution in [0.5, 0.6) is 0 Å². The van der Waals surface area contributed by atoms with E-state index in [0.29, 0.717) is 5.69 Å². The minimum atomic E-state index is 0.612. The van der Waals surface area contributed by atoms with Crippen molar-refractivity contribution in [3.05, 3.63) is 46.8 Å². The first-order valence-corrected chi connectivity index (χ1v) is 5.93. The average molecular weight is 226 g/mol. The molecule has 1 heterocycles. The lowest BCUT2D eigenvalue weighted by Gasteiger charge is -2.08. The van der Waals surface area contributed by atoms with E-state index in [1.807, 2.05) is 16.8 Å². The van der Waals surface area contributed by atoms with E-state index < -0.39 is 0 Å². The van der Waals surface area contributed by atoms with Crippen LogP contribution in [0.25, 0.3) is 5.69 Å². The van der Waals surface area contributed by atoms with Gasteiger partial charge in [0.15, 0.2) is 6.29 Å². The zero-order valence-electron chi connectivity index (χ0n) is 9.81. The van der Waals surface area contributed by atoms with Gasteiger partial charge >= 0.3 is 0 Å². The normalized spacial score (nSPS) is 13.7. The van der Waals surface area contributed by atoms with E-state index in [1.54, 1.807) is 0 Å². The molecular formula is C14H14N2O. The summed E-state index contributed by atoms with van der Waals surface area (Å²) in [5, 5.41) is 4.43. The first-order chi connectivity index (χ1) is 8.31. The highest BCUT2D eigenvalue weighted by Crippen LogP contribution is 2.27. The van der Waals surface area contributed by atoms with Crippen LogP contribution in [0, 0.1) is 6.92 Å². The van der Waals surface area contributed by atoms with Crippen LogP contribution in [0.4, 0.5) is 0 Å². The van der Waals surface area contributed by atoms with Gasteiger partial charge < -0.3 is 0 Å². The van der Waals surface area contributed by atoms with Crippen molar-refractivity contribution in [3.63, 3.8) is 0 Å². The van der Waals surface area contributed by atoms with Gasteiger partial charge in [-0.2, -0.15) is 5.10 Å². The summed E-state index contributed by atoms with van der Waals surface area (Å²) in [6, 6.07) is 8.14. The maximum Gasteiger partial charge on any atom is 0.170 e. The molecule has 0 saturated heterocycles. The lowest BCUT2D eigenvalue weighted by Crippen LogP contribution is -2.03. The fourth-order valence-corrected chi connectivity index (χ4v) is 2.56. The molecule has 0 unspecified atom stereocenters. The van der Waals surface area contributed by atoms with Gasteiger partial charge in [-0.25, -0.2) is 4.68 Å². The largest absolute Gasteiger partial charge is 0.296 e. The minimum Gasteiger partial charge on any atom is -0.296 e. The number of hydrogen-bond acceptors (Lipinski definition) is 2. The summed E-state index contributed by atoms with van der Waals surface area (Å²) in [6.45, 7) is 2.07. The van der Waals surface area contributed by atoms with E-state index in [-0.39, 0.29) is 0 Å². The number of rotatable bonds is 2. The molecule has 3 nitrogen and oxygen atoms in total. The fourth-order valence-electron chi connectivity index (χ4n) is 2.56. The Hall–Kier alpha value is -1.90. The Morgan fingerprint density at radius 2 is 2.12 bits per heavy atom. The van der Waals surface area contributed by atoms with Gasteiger partial charge in [0.2, 0.25) is 0 Å². The molecule has 1 aromatic heterocycles.